The minimum absolute atomic E-state index is 0.713. The zero-order chi connectivity index (χ0) is 12.5. The Hall–Kier alpha value is -0.440. The van der Waals surface area contributed by atoms with Crippen molar-refractivity contribution in [2.45, 2.75) is 25.3 Å². The molecule has 0 N–H and O–H groups in total. The van der Waals surface area contributed by atoms with Crippen molar-refractivity contribution in [2.24, 2.45) is 0 Å². The third-order valence-corrected chi connectivity index (χ3v) is 4.45. The topological polar surface area (TPSA) is 6.48 Å². The molecule has 0 aliphatic carbocycles. The van der Waals surface area contributed by atoms with E-state index < -0.39 is 0 Å². The first-order valence-corrected chi connectivity index (χ1v) is 7.43. The summed E-state index contributed by atoms with van der Waals surface area (Å²) in [5.74, 6) is 0. The standard InChI is InChI=1S/C14H18Cl2N2/c15-11-7-12(16)9-14(8-11)18-6-2-5-17-4-1-3-13(17)10-18/h7-9,13H,1-6,10H2. The molecule has 18 heavy (non-hydrogen) atoms. The molecule has 0 radical (unpaired) electrons. The molecule has 0 amide bonds. The Morgan fingerprint density at radius 2 is 1.67 bits per heavy atom. The number of halogens is 2. The summed E-state index contributed by atoms with van der Waals surface area (Å²) >= 11 is 12.2. The van der Waals surface area contributed by atoms with E-state index in [0.717, 1.165) is 23.1 Å². The maximum atomic E-state index is 6.10. The van der Waals surface area contributed by atoms with E-state index in [0.29, 0.717) is 6.04 Å². The van der Waals surface area contributed by atoms with Crippen LogP contribution in [0.1, 0.15) is 19.3 Å². The lowest BCUT2D eigenvalue weighted by molar-refractivity contribution is 0.273. The molecule has 2 nitrogen and oxygen atoms in total. The highest BCUT2D eigenvalue weighted by molar-refractivity contribution is 6.35. The summed E-state index contributed by atoms with van der Waals surface area (Å²) < 4.78 is 0. The number of anilines is 1. The van der Waals surface area contributed by atoms with E-state index in [1.807, 2.05) is 12.1 Å². The molecule has 2 fully saturated rings. The van der Waals surface area contributed by atoms with Crippen LogP contribution in [0, 0.1) is 0 Å². The average Bonchev–Trinajstić information content (AvgIpc) is 2.65. The van der Waals surface area contributed by atoms with E-state index in [1.165, 1.54) is 38.0 Å². The lowest BCUT2D eigenvalue weighted by Crippen LogP contribution is -2.36. The van der Waals surface area contributed by atoms with Gasteiger partial charge >= 0.3 is 0 Å². The first-order chi connectivity index (χ1) is 8.72. The van der Waals surface area contributed by atoms with Crippen LogP contribution < -0.4 is 4.90 Å². The Morgan fingerprint density at radius 1 is 0.944 bits per heavy atom. The fraction of sp³-hybridized carbons (Fsp3) is 0.571. The number of rotatable bonds is 1. The van der Waals surface area contributed by atoms with Crippen molar-refractivity contribution in [1.29, 1.82) is 0 Å². The molecule has 0 spiro atoms. The monoisotopic (exact) mass is 284 g/mol. The summed E-state index contributed by atoms with van der Waals surface area (Å²) in [6.45, 7) is 4.71. The Kier molecular flexibility index (Phi) is 3.69. The number of fused-ring (bicyclic) bond motifs is 1. The predicted octanol–water partition coefficient (Wildman–Crippen LogP) is 3.67. The van der Waals surface area contributed by atoms with Gasteiger partial charge in [-0.2, -0.15) is 0 Å². The SMILES string of the molecule is Clc1cc(Cl)cc(N2CCCN3CCCC3C2)c1. The van der Waals surface area contributed by atoms with Gasteiger partial charge in [-0.3, -0.25) is 4.90 Å². The Morgan fingerprint density at radius 3 is 2.44 bits per heavy atom. The number of benzene rings is 1. The molecule has 4 heteroatoms. The molecule has 0 bridgehead atoms. The smallest absolute Gasteiger partial charge is 0.0441 e. The molecular weight excluding hydrogens is 267 g/mol. The summed E-state index contributed by atoms with van der Waals surface area (Å²) in [4.78, 5) is 5.07. The van der Waals surface area contributed by atoms with E-state index in [1.54, 1.807) is 6.07 Å². The van der Waals surface area contributed by atoms with E-state index in [-0.39, 0.29) is 0 Å². The first-order valence-electron chi connectivity index (χ1n) is 6.67. The van der Waals surface area contributed by atoms with E-state index >= 15 is 0 Å². The van der Waals surface area contributed by atoms with Crippen molar-refractivity contribution in [1.82, 2.24) is 4.90 Å². The van der Waals surface area contributed by atoms with Crippen LogP contribution in [0.5, 0.6) is 0 Å². The second kappa shape index (κ2) is 5.28. The molecule has 1 unspecified atom stereocenters. The highest BCUT2D eigenvalue weighted by Gasteiger charge is 2.28. The fourth-order valence-electron chi connectivity index (χ4n) is 3.16. The number of hydrogen-bond acceptors (Lipinski definition) is 2. The zero-order valence-electron chi connectivity index (χ0n) is 10.4. The van der Waals surface area contributed by atoms with Crippen LogP contribution in [0.25, 0.3) is 0 Å². The van der Waals surface area contributed by atoms with Gasteiger partial charge in [-0.1, -0.05) is 23.2 Å². The maximum absolute atomic E-state index is 6.10. The molecular formula is C14H18Cl2N2. The first kappa shape index (κ1) is 12.6. The van der Waals surface area contributed by atoms with Crippen molar-refractivity contribution in [3.05, 3.63) is 28.2 Å². The summed E-state index contributed by atoms with van der Waals surface area (Å²) in [5.41, 5.74) is 1.17. The van der Waals surface area contributed by atoms with Crippen molar-refractivity contribution in [2.75, 3.05) is 31.1 Å². The van der Waals surface area contributed by atoms with Gasteiger partial charge in [0.05, 0.1) is 0 Å². The Balaban J connectivity index is 1.82. The van der Waals surface area contributed by atoms with Crippen molar-refractivity contribution >= 4 is 28.9 Å². The molecule has 1 atom stereocenters. The van der Waals surface area contributed by atoms with Crippen molar-refractivity contribution < 1.29 is 0 Å². The molecule has 1 aromatic rings. The van der Waals surface area contributed by atoms with Crippen LogP contribution in [0.3, 0.4) is 0 Å². The van der Waals surface area contributed by atoms with E-state index in [9.17, 15) is 0 Å². The molecule has 3 rings (SSSR count). The second-order valence-corrected chi connectivity index (χ2v) is 6.13. The van der Waals surface area contributed by atoms with Gasteiger partial charge in [0, 0.05) is 41.4 Å². The molecule has 1 aromatic carbocycles. The minimum atomic E-state index is 0.713. The molecule has 0 saturated carbocycles. The van der Waals surface area contributed by atoms with Crippen molar-refractivity contribution in [3.63, 3.8) is 0 Å². The third kappa shape index (κ3) is 2.61. The summed E-state index contributed by atoms with van der Waals surface area (Å²) in [6.07, 6.45) is 3.89. The largest absolute Gasteiger partial charge is 0.370 e. The lowest BCUT2D eigenvalue weighted by atomic mass is 10.2. The van der Waals surface area contributed by atoms with E-state index in [2.05, 4.69) is 9.80 Å². The molecule has 2 aliphatic heterocycles. The zero-order valence-corrected chi connectivity index (χ0v) is 11.9. The second-order valence-electron chi connectivity index (χ2n) is 5.26. The van der Waals surface area contributed by atoms with Crippen LogP contribution in [0.15, 0.2) is 18.2 Å². The van der Waals surface area contributed by atoms with Gasteiger partial charge in [-0.15, -0.1) is 0 Å². The van der Waals surface area contributed by atoms with Crippen molar-refractivity contribution in [3.8, 4) is 0 Å². The van der Waals surface area contributed by atoms with Gasteiger partial charge < -0.3 is 4.90 Å². The quantitative estimate of drug-likeness (QED) is 0.777. The van der Waals surface area contributed by atoms with Gasteiger partial charge in [0.15, 0.2) is 0 Å². The van der Waals surface area contributed by atoms with E-state index in [4.69, 9.17) is 23.2 Å². The molecule has 98 valence electrons. The molecule has 2 saturated heterocycles. The Labute approximate surface area is 118 Å². The average molecular weight is 285 g/mol. The molecule has 2 heterocycles. The van der Waals surface area contributed by atoms with Crippen LogP contribution in [-0.2, 0) is 0 Å². The predicted molar refractivity (Wildman–Crippen MR) is 77.9 cm³/mol. The molecule has 2 aliphatic rings. The van der Waals surface area contributed by atoms with Gasteiger partial charge in [0.25, 0.3) is 0 Å². The van der Waals surface area contributed by atoms with Crippen LogP contribution in [-0.4, -0.2) is 37.1 Å². The number of nitrogens with zero attached hydrogens (tertiary/aromatic N) is 2. The van der Waals surface area contributed by atoms with Crippen LogP contribution in [0.4, 0.5) is 5.69 Å². The van der Waals surface area contributed by atoms with Crippen LogP contribution in [0.2, 0.25) is 10.0 Å². The normalized spacial score (nSPS) is 25.0. The van der Waals surface area contributed by atoms with Gasteiger partial charge in [-0.25, -0.2) is 0 Å². The lowest BCUT2D eigenvalue weighted by Gasteiger charge is -2.27. The van der Waals surface area contributed by atoms with Gasteiger partial charge in [0.2, 0.25) is 0 Å². The molecule has 0 aromatic heterocycles. The minimum Gasteiger partial charge on any atom is -0.370 e. The highest BCUT2D eigenvalue weighted by atomic mass is 35.5. The highest BCUT2D eigenvalue weighted by Crippen LogP contribution is 2.29. The summed E-state index contributed by atoms with van der Waals surface area (Å²) in [7, 11) is 0. The van der Waals surface area contributed by atoms with Gasteiger partial charge in [-0.05, 0) is 44.0 Å². The maximum Gasteiger partial charge on any atom is 0.0441 e. The summed E-state index contributed by atoms with van der Waals surface area (Å²) in [5, 5.41) is 1.45. The Bertz CT molecular complexity index is 416. The third-order valence-electron chi connectivity index (χ3n) is 4.02. The fourth-order valence-corrected chi connectivity index (χ4v) is 3.68. The summed E-state index contributed by atoms with van der Waals surface area (Å²) in [6, 6.07) is 6.56. The van der Waals surface area contributed by atoms with Gasteiger partial charge in [0.1, 0.15) is 0 Å². The number of hydrogen-bond donors (Lipinski definition) is 0. The van der Waals surface area contributed by atoms with Crippen LogP contribution >= 0.6 is 23.2 Å².